The van der Waals surface area contributed by atoms with Gasteiger partial charge in [-0.05, 0) is 50.3 Å². The molecule has 1 aromatic carbocycles. The summed E-state index contributed by atoms with van der Waals surface area (Å²) in [6.07, 6.45) is 3.83. The monoisotopic (exact) mass is 175 g/mol. The van der Waals surface area contributed by atoms with Crippen molar-refractivity contribution < 1.29 is 0 Å². The van der Waals surface area contributed by atoms with Crippen LogP contribution in [-0.2, 0) is 6.42 Å². The summed E-state index contributed by atoms with van der Waals surface area (Å²) in [5.41, 5.74) is 4.30. The molecule has 1 aliphatic rings. The number of nitrogens with one attached hydrogen (secondary N) is 1. The number of rotatable bonds is 0. The van der Waals surface area contributed by atoms with Crippen molar-refractivity contribution in [2.24, 2.45) is 0 Å². The second kappa shape index (κ2) is 3.41. The van der Waals surface area contributed by atoms with E-state index >= 15 is 0 Å². The van der Waals surface area contributed by atoms with E-state index in [1.54, 1.807) is 0 Å². The number of hydrogen-bond donors (Lipinski definition) is 1. The van der Waals surface area contributed by atoms with Gasteiger partial charge in [-0.1, -0.05) is 12.1 Å². The molecule has 1 nitrogen and oxygen atoms in total. The summed E-state index contributed by atoms with van der Waals surface area (Å²) in [5, 5.41) is 3.56. The average Bonchev–Trinajstić information content (AvgIpc) is 2.27. The Morgan fingerprint density at radius 3 is 3.08 bits per heavy atom. The van der Waals surface area contributed by atoms with Crippen LogP contribution in [0.2, 0.25) is 0 Å². The molecule has 70 valence electrons. The molecule has 0 saturated heterocycles. The molecule has 0 fully saturated rings. The van der Waals surface area contributed by atoms with Gasteiger partial charge < -0.3 is 5.32 Å². The van der Waals surface area contributed by atoms with Crippen LogP contribution in [0.1, 0.15) is 30.9 Å². The predicted octanol–water partition coefficient (Wildman–Crippen LogP) is 3.13. The Morgan fingerprint density at radius 1 is 1.38 bits per heavy atom. The molecule has 2 rings (SSSR count). The minimum absolute atomic E-state index is 0.628. The van der Waals surface area contributed by atoms with Crippen molar-refractivity contribution in [1.29, 1.82) is 0 Å². The highest BCUT2D eigenvalue weighted by molar-refractivity contribution is 5.55. The van der Waals surface area contributed by atoms with Gasteiger partial charge in [-0.25, -0.2) is 0 Å². The van der Waals surface area contributed by atoms with Crippen molar-refractivity contribution in [2.75, 3.05) is 5.32 Å². The third-order valence-corrected chi connectivity index (χ3v) is 2.88. The normalized spacial score (nSPS) is 21.5. The second-order valence-corrected chi connectivity index (χ2v) is 4.04. The van der Waals surface area contributed by atoms with E-state index in [2.05, 4.69) is 37.4 Å². The lowest BCUT2D eigenvalue weighted by atomic mass is 10.0. The van der Waals surface area contributed by atoms with Gasteiger partial charge in [0.1, 0.15) is 0 Å². The number of hydrogen-bond acceptors (Lipinski definition) is 1. The van der Waals surface area contributed by atoms with Gasteiger partial charge in [0.15, 0.2) is 0 Å². The smallest absolute Gasteiger partial charge is 0.0377 e. The topological polar surface area (TPSA) is 12.0 Å². The molecular weight excluding hydrogens is 158 g/mol. The van der Waals surface area contributed by atoms with E-state index in [0.717, 1.165) is 0 Å². The van der Waals surface area contributed by atoms with Gasteiger partial charge in [0.25, 0.3) is 0 Å². The Bertz CT molecular complexity index is 304. The van der Waals surface area contributed by atoms with Crippen LogP contribution in [0.5, 0.6) is 0 Å². The van der Waals surface area contributed by atoms with E-state index in [9.17, 15) is 0 Å². The summed E-state index contributed by atoms with van der Waals surface area (Å²) in [7, 11) is 0. The summed E-state index contributed by atoms with van der Waals surface area (Å²) in [5.74, 6) is 0. The maximum Gasteiger partial charge on any atom is 0.0377 e. The van der Waals surface area contributed by atoms with E-state index in [1.165, 1.54) is 36.1 Å². The van der Waals surface area contributed by atoms with Crippen LogP contribution in [0.3, 0.4) is 0 Å². The van der Waals surface area contributed by atoms with E-state index in [1.807, 2.05) is 0 Å². The van der Waals surface area contributed by atoms with Crippen molar-refractivity contribution in [3.8, 4) is 0 Å². The maximum atomic E-state index is 3.56. The summed E-state index contributed by atoms with van der Waals surface area (Å²) < 4.78 is 0. The Morgan fingerprint density at radius 2 is 2.23 bits per heavy atom. The molecule has 0 aromatic heterocycles. The number of aryl methyl sites for hydroxylation is 1. The second-order valence-electron chi connectivity index (χ2n) is 4.04. The first-order valence-electron chi connectivity index (χ1n) is 5.12. The molecule has 1 aliphatic heterocycles. The van der Waals surface area contributed by atoms with Gasteiger partial charge in [-0.2, -0.15) is 0 Å². The van der Waals surface area contributed by atoms with Gasteiger partial charge >= 0.3 is 0 Å². The molecule has 1 heteroatoms. The summed E-state index contributed by atoms with van der Waals surface area (Å²) in [4.78, 5) is 0. The lowest BCUT2D eigenvalue weighted by Gasteiger charge is -2.13. The fourth-order valence-electron chi connectivity index (χ4n) is 2.09. The quantitative estimate of drug-likeness (QED) is 0.638. The van der Waals surface area contributed by atoms with E-state index in [4.69, 9.17) is 0 Å². The summed E-state index contributed by atoms with van der Waals surface area (Å²) >= 11 is 0. The Labute approximate surface area is 80.2 Å². The first-order valence-corrected chi connectivity index (χ1v) is 5.12. The van der Waals surface area contributed by atoms with Crippen molar-refractivity contribution in [2.45, 2.75) is 39.2 Å². The molecule has 0 spiro atoms. The zero-order chi connectivity index (χ0) is 9.26. The molecule has 1 unspecified atom stereocenters. The standard InChI is InChI=1S/C12H17N/c1-9-5-3-8-12-11(9)7-4-6-10(2)13-12/h3,5,8,10,13H,4,6-7H2,1-2H3. The number of benzene rings is 1. The first-order chi connectivity index (χ1) is 6.27. The van der Waals surface area contributed by atoms with Crippen LogP contribution < -0.4 is 5.32 Å². The Hall–Kier alpha value is -0.980. The molecule has 0 amide bonds. The van der Waals surface area contributed by atoms with E-state index in [0.29, 0.717) is 6.04 Å². The van der Waals surface area contributed by atoms with Crippen molar-refractivity contribution in [1.82, 2.24) is 0 Å². The van der Waals surface area contributed by atoms with Gasteiger partial charge in [0.2, 0.25) is 0 Å². The van der Waals surface area contributed by atoms with Gasteiger partial charge in [-0.3, -0.25) is 0 Å². The van der Waals surface area contributed by atoms with Crippen LogP contribution in [-0.4, -0.2) is 6.04 Å². The number of fused-ring (bicyclic) bond motifs is 1. The van der Waals surface area contributed by atoms with Crippen LogP contribution in [0.25, 0.3) is 0 Å². The van der Waals surface area contributed by atoms with Crippen LogP contribution in [0.4, 0.5) is 5.69 Å². The lowest BCUT2D eigenvalue weighted by molar-refractivity contribution is 0.674. The summed E-state index contributed by atoms with van der Waals surface area (Å²) in [6, 6.07) is 7.17. The fourth-order valence-corrected chi connectivity index (χ4v) is 2.09. The Balaban J connectivity index is 2.39. The third-order valence-electron chi connectivity index (χ3n) is 2.88. The minimum Gasteiger partial charge on any atom is -0.382 e. The highest BCUT2D eigenvalue weighted by Gasteiger charge is 2.12. The molecule has 1 aromatic rings. The largest absolute Gasteiger partial charge is 0.382 e. The third kappa shape index (κ3) is 1.69. The van der Waals surface area contributed by atoms with Crippen molar-refractivity contribution in [3.63, 3.8) is 0 Å². The van der Waals surface area contributed by atoms with Gasteiger partial charge in [-0.15, -0.1) is 0 Å². The molecule has 1 N–H and O–H groups in total. The number of anilines is 1. The van der Waals surface area contributed by atoms with Crippen molar-refractivity contribution >= 4 is 5.69 Å². The van der Waals surface area contributed by atoms with Gasteiger partial charge in [0, 0.05) is 11.7 Å². The molecule has 1 atom stereocenters. The zero-order valence-electron chi connectivity index (χ0n) is 8.43. The first kappa shape index (κ1) is 8.61. The predicted molar refractivity (Wildman–Crippen MR) is 57.2 cm³/mol. The van der Waals surface area contributed by atoms with Crippen LogP contribution in [0, 0.1) is 6.92 Å². The SMILES string of the molecule is Cc1cccc2c1CCCC(C)N2. The molecule has 0 saturated carbocycles. The molecule has 1 heterocycles. The molecule has 0 bridgehead atoms. The zero-order valence-corrected chi connectivity index (χ0v) is 8.43. The molecule has 0 radical (unpaired) electrons. The highest BCUT2D eigenvalue weighted by Crippen LogP contribution is 2.26. The molecule has 0 aliphatic carbocycles. The molecule has 13 heavy (non-hydrogen) atoms. The van der Waals surface area contributed by atoms with Crippen LogP contribution in [0.15, 0.2) is 18.2 Å². The summed E-state index contributed by atoms with van der Waals surface area (Å²) in [6.45, 7) is 4.47. The highest BCUT2D eigenvalue weighted by atomic mass is 14.9. The minimum atomic E-state index is 0.628. The Kier molecular flexibility index (Phi) is 2.26. The average molecular weight is 175 g/mol. The maximum absolute atomic E-state index is 3.56. The molecular formula is C12H17N. The lowest BCUT2D eigenvalue weighted by Crippen LogP contribution is -2.13. The van der Waals surface area contributed by atoms with Gasteiger partial charge in [0.05, 0.1) is 0 Å². The van der Waals surface area contributed by atoms with Crippen molar-refractivity contribution in [3.05, 3.63) is 29.3 Å². The van der Waals surface area contributed by atoms with E-state index < -0.39 is 0 Å². The van der Waals surface area contributed by atoms with E-state index in [-0.39, 0.29) is 0 Å². The van der Waals surface area contributed by atoms with Crippen LogP contribution >= 0.6 is 0 Å². The fraction of sp³-hybridized carbons (Fsp3) is 0.500.